The van der Waals surface area contributed by atoms with Crippen LogP contribution in [-0.2, 0) is 43.0 Å². The fourth-order valence-electron chi connectivity index (χ4n) is 12.9. The van der Waals surface area contributed by atoms with E-state index in [4.69, 9.17) is 46.9 Å². The van der Waals surface area contributed by atoms with Crippen LogP contribution in [0.25, 0.3) is 11.1 Å². The molecule has 6 heterocycles. The average molecular weight is 1510 g/mol. The number of halogens is 2. The lowest BCUT2D eigenvalue weighted by Crippen LogP contribution is -2.60. The zero-order valence-electron chi connectivity index (χ0n) is 58.6. The van der Waals surface area contributed by atoms with E-state index in [-0.39, 0.29) is 86.0 Å². The number of aromatic hydroxyl groups is 3. The fraction of sp³-hybridized carbons (Fsp3) is 0.446. The Morgan fingerprint density at radius 3 is 1.97 bits per heavy atom. The molecule has 570 valence electrons. The maximum Gasteiger partial charge on any atom is 0.410 e. The number of aliphatic hydroxyl groups is 6. The molecule has 14 atom stereocenters. The summed E-state index contributed by atoms with van der Waals surface area (Å²) in [5, 5.41) is 118. The number of amides is 7. The lowest BCUT2D eigenvalue weighted by atomic mass is 9.84. The molecular weight excluding hydrogens is 1430 g/mol. The van der Waals surface area contributed by atoms with Crippen molar-refractivity contribution < 1.29 is 113 Å². The van der Waals surface area contributed by atoms with Crippen LogP contribution in [0.15, 0.2) is 91.5 Å². The van der Waals surface area contributed by atoms with Crippen LogP contribution in [0.3, 0.4) is 0 Å². The second-order valence-corrected chi connectivity index (χ2v) is 27.7. The number of Topliss-reactive ketones (excluding diaryl/α,β-unsaturated/α-hetero) is 3. The number of carbonyl (C=O) groups is 9. The number of phenols is 3. The minimum Gasteiger partial charge on any atom is -0.508 e. The summed E-state index contributed by atoms with van der Waals surface area (Å²) in [5.74, 6) is -16.0. The lowest BCUT2D eigenvalue weighted by Gasteiger charge is -2.39. The zero-order valence-corrected chi connectivity index (χ0v) is 60.1. The van der Waals surface area contributed by atoms with Crippen LogP contribution in [0, 0.1) is 11.8 Å². The molecule has 6 aliphatic rings. The Bertz CT molecular complexity index is 4140. The van der Waals surface area contributed by atoms with Crippen molar-refractivity contribution in [2.45, 2.75) is 165 Å². The van der Waals surface area contributed by atoms with E-state index in [0.29, 0.717) is 6.42 Å². The number of nitrogens with one attached hydrogen (secondary N) is 6. The molecule has 0 spiro atoms. The van der Waals surface area contributed by atoms with Gasteiger partial charge in [-0.1, -0.05) is 107 Å². The second kappa shape index (κ2) is 35.6. The van der Waals surface area contributed by atoms with Gasteiger partial charge in [-0.05, 0) is 108 Å². The van der Waals surface area contributed by atoms with Gasteiger partial charge < -0.3 is 102 Å². The number of aliphatic hydroxyl groups excluding tert-OH is 6. The highest BCUT2D eigenvalue weighted by atomic mass is 35.5. The topological polar surface area (TPSA) is 457 Å². The van der Waals surface area contributed by atoms with Crippen molar-refractivity contribution in [1.29, 1.82) is 0 Å². The number of fused-ring (bicyclic) bond motifs is 15. The summed E-state index contributed by atoms with van der Waals surface area (Å²) in [6, 6.07) is 4.36. The van der Waals surface area contributed by atoms with Gasteiger partial charge in [-0.3, -0.25) is 38.5 Å². The first-order chi connectivity index (χ1) is 50.4. The van der Waals surface area contributed by atoms with Gasteiger partial charge in [-0.15, -0.1) is 0 Å². The summed E-state index contributed by atoms with van der Waals surface area (Å²) in [6.45, 7) is 8.47. The predicted molar refractivity (Wildman–Crippen MR) is 380 cm³/mol. The standard InChI is InChI=1S/C74H87Cl2N7O23/c1-7-9-10-11-12-13-20-77-73(100)78-32-40-26-50(89)60(81-70(98)47(22-34(3)4)83(6)74(101)102-21-8-2)62(91)37-15-18-52(45(75)24-37)103-54-27-39-28-55(67(54)106-72-66(95)65(94)64(93)56(33-84)105-72)104-53-19-16-38(25-46(53)76)63(92)61-71(99)79-58(35(5)85)44-29-41(86)30-49(88)57(44)43-23-36(14-17-48(43)87)42(69(97)82-61)31-51(90)59(39)80-68(40)96/h8,14-19,23-25,27-30,34,40,42,47,56,58-66,72,84,86-88,91-95H,2,7,9-13,20-22,26,31-33H2,1,3-6H3,(H,79,99)(H,80,96)(H,81,98)(H,82,97)(H2,77,78,100)/t40-,42+,47+,56?,58+,59+,60-,61+,62+,63+,64?,65?,66?,72?/m0/s1. The van der Waals surface area contributed by atoms with Gasteiger partial charge in [-0.2, -0.15) is 0 Å². The van der Waals surface area contributed by atoms with Crippen molar-refractivity contribution in [3.8, 4) is 57.1 Å². The number of hydrogen-bond acceptors (Lipinski definition) is 23. The van der Waals surface area contributed by atoms with Crippen LogP contribution >= 0.6 is 23.2 Å². The molecule has 11 rings (SSSR count). The number of ketones is 3. The number of unbranched alkanes of at least 4 members (excludes halogenated alkanes) is 5. The molecule has 15 N–H and O–H groups in total. The van der Waals surface area contributed by atoms with Gasteiger partial charge in [0.1, 0.15) is 102 Å². The summed E-state index contributed by atoms with van der Waals surface area (Å²) in [5.41, 5.74) is -1.81. The fourth-order valence-corrected chi connectivity index (χ4v) is 13.4. The SMILES string of the molecule is C=CCOC(=O)N(C)[C@H](CC(C)C)C(=O)N[C@H]1C(=O)C[C@@H](CNC(=O)NCCCCCCCC)C(=O)N[C@H]2C(=O)C[C@H]3C(=O)N[C@@H](C(=O)N[C@H](C(C)=O)c4cc(O)cc(O)c4-c4cc3ccc4O)[C@H](O)c3ccc(c(Cl)c3)Oc3cc2cc(c3OC2OC(CO)C(O)C(O)C2O)Oc2ccc(cc2Cl)[C@H]1O. The molecule has 0 aliphatic carbocycles. The van der Waals surface area contributed by atoms with Crippen LogP contribution in [0.4, 0.5) is 9.59 Å². The molecule has 5 aromatic carbocycles. The molecule has 0 aromatic heterocycles. The quantitative estimate of drug-likeness (QED) is 0.0306. The van der Waals surface area contributed by atoms with E-state index in [0.717, 1.165) is 86.4 Å². The first kappa shape index (κ1) is 80.5. The molecule has 1 fully saturated rings. The van der Waals surface area contributed by atoms with Crippen LogP contribution in [0.2, 0.25) is 10.0 Å². The van der Waals surface area contributed by atoms with E-state index in [1.54, 1.807) is 13.8 Å². The number of phenolic OH excluding ortho intramolecular Hbond substituents is 3. The highest BCUT2D eigenvalue weighted by Crippen LogP contribution is 2.50. The minimum atomic E-state index is -2.16. The molecule has 0 radical (unpaired) electrons. The first-order valence-corrected chi connectivity index (χ1v) is 35.3. The van der Waals surface area contributed by atoms with Gasteiger partial charge >= 0.3 is 12.1 Å². The number of likely N-dealkylation sites (N-methyl/N-ethyl adjacent to an activating group) is 1. The molecule has 1 saturated heterocycles. The third kappa shape index (κ3) is 18.8. The Morgan fingerprint density at radius 1 is 0.708 bits per heavy atom. The minimum absolute atomic E-state index is 0.0221. The van der Waals surface area contributed by atoms with Crippen molar-refractivity contribution >= 4 is 76.3 Å². The van der Waals surface area contributed by atoms with E-state index >= 15 is 19.2 Å². The van der Waals surface area contributed by atoms with E-state index < -0.39 is 199 Å². The van der Waals surface area contributed by atoms with Crippen LogP contribution in [-0.4, -0.2) is 186 Å². The van der Waals surface area contributed by atoms with Gasteiger partial charge in [0.25, 0.3) is 0 Å². The van der Waals surface area contributed by atoms with Crippen molar-refractivity contribution in [2.75, 3.05) is 33.4 Å². The van der Waals surface area contributed by atoms with Gasteiger partial charge in [0.2, 0.25) is 35.7 Å². The number of rotatable bonds is 20. The molecular formula is C74H87Cl2N7O23. The maximum atomic E-state index is 16.3. The highest BCUT2D eigenvalue weighted by molar-refractivity contribution is 6.32. The van der Waals surface area contributed by atoms with E-state index in [1.807, 2.05) is 0 Å². The molecule has 30 nitrogen and oxygen atoms in total. The third-order valence-electron chi connectivity index (χ3n) is 18.7. The Hall–Kier alpha value is -9.63. The molecule has 5 unspecified atom stereocenters. The summed E-state index contributed by atoms with van der Waals surface area (Å²) >= 11 is 14.1. The first-order valence-electron chi connectivity index (χ1n) is 34.6. The molecule has 0 saturated carbocycles. The second-order valence-electron chi connectivity index (χ2n) is 26.9. The van der Waals surface area contributed by atoms with Crippen molar-refractivity contribution in [1.82, 2.24) is 36.8 Å². The van der Waals surface area contributed by atoms with Crippen molar-refractivity contribution in [3.63, 3.8) is 0 Å². The summed E-state index contributed by atoms with van der Waals surface area (Å²) in [6.07, 6.45) is -10.5. The van der Waals surface area contributed by atoms with Gasteiger partial charge in [-0.25, -0.2) is 9.59 Å². The van der Waals surface area contributed by atoms with Crippen molar-refractivity contribution in [3.05, 3.63) is 129 Å². The van der Waals surface area contributed by atoms with E-state index in [2.05, 4.69) is 45.4 Å². The van der Waals surface area contributed by atoms with E-state index in [1.165, 1.54) is 49.5 Å². The largest absolute Gasteiger partial charge is 0.508 e. The van der Waals surface area contributed by atoms with Gasteiger partial charge in [0, 0.05) is 50.2 Å². The number of ether oxygens (including phenoxy) is 5. The smallest absolute Gasteiger partial charge is 0.410 e. The Morgan fingerprint density at radius 2 is 1.35 bits per heavy atom. The number of hydrogen-bond donors (Lipinski definition) is 15. The summed E-state index contributed by atoms with van der Waals surface area (Å²) in [7, 11) is 1.28. The summed E-state index contributed by atoms with van der Waals surface area (Å²) < 4.78 is 30.6. The van der Waals surface area contributed by atoms with Crippen LogP contribution < -0.4 is 46.1 Å². The normalized spacial score (nSPS) is 24.2. The monoisotopic (exact) mass is 1510 g/mol. The Labute approximate surface area is 619 Å². The molecule has 106 heavy (non-hydrogen) atoms. The lowest BCUT2D eigenvalue weighted by molar-refractivity contribution is -0.277. The van der Waals surface area contributed by atoms with Gasteiger partial charge in [0.05, 0.1) is 28.5 Å². The van der Waals surface area contributed by atoms with E-state index in [9.17, 15) is 69.9 Å². The number of urea groups is 1. The average Bonchev–Trinajstić information content (AvgIpc) is 0.769. The molecule has 7 amide bonds. The van der Waals surface area contributed by atoms with Gasteiger partial charge in [0.15, 0.2) is 28.8 Å². The molecule has 11 bridgehead atoms. The van der Waals surface area contributed by atoms with Crippen molar-refractivity contribution in [2.24, 2.45) is 11.8 Å². The zero-order chi connectivity index (χ0) is 77.1. The highest BCUT2D eigenvalue weighted by Gasteiger charge is 2.47. The third-order valence-corrected chi connectivity index (χ3v) is 19.3. The maximum absolute atomic E-state index is 16.3. The summed E-state index contributed by atoms with van der Waals surface area (Å²) in [4.78, 5) is 135. The molecule has 32 heteroatoms. The Kier molecular flexibility index (Phi) is 27.1. The number of nitrogens with zero attached hydrogens (tertiary/aromatic N) is 1. The van der Waals surface area contributed by atoms with Crippen LogP contribution in [0.5, 0.6) is 46.0 Å². The predicted octanol–water partition coefficient (Wildman–Crippen LogP) is 6.17. The van der Waals surface area contributed by atoms with Crippen LogP contribution in [0.1, 0.15) is 144 Å². The number of benzene rings is 5. The molecule has 6 aliphatic heterocycles. The number of carbonyl (C=O) groups excluding carboxylic acids is 9. The molecule has 5 aromatic rings. The Balaban J connectivity index is 1.29.